The first-order chi connectivity index (χ1) is 13.6. The number of benzene rings is 2. The highest BCUT2D eigenvalue weighted by molar-refractivity contribution is 6.07. The van der Waals surface area contributed by atoms with E-state index in [9.17, 15) is 9.18 Å². The average molecular weight is 375 g/mol. The van der Waals surface area contributed by atoms with Crippen LogP contribution in [0.1, 0.15) is 21.6 Å². The lowest BCUT2D eigenvalue weighted by atomic mass is 10.0. The zero-order valence-corrected chi connectivity index (χ0v) is 15.3. The van der Waals surface area contributed by atoms with Crippen molar-refractivity contribution in [1.29, 1.82) is 0 Å². The van der Waals surface area contributed by atoms with Crippen molar-refractivity contribution in [2.75, 3.05) is 6.54 Å². The molecule has 5 nitrogen and oxygen atoms in total. The number of fused-ring (bicyclic) bond motifs is 1. The summed E-state index contributed by atoms with van der Waals surface area (Å²) in [6.07, 6.45) is 0.730. The molecule has 0 aliphatic heterocycles. The molecule has 0 aliphatic carbocycles. The summed E-state index contributed by atoms with van der Waals surface area (Å²) in [6, 6.07) is 17.6. The summed E-state index contributed by atoms with van der Waals surface area (Å²) >= 11 is 0. The number of nitrogens with one attached hydrogen (secondary N) is 1. The highest BCUT2D eigenvalue weighted by Gasteiger charge is 2.19. The number of carbonyl (C=O) groups excluding carboxylic acids is 1. The molecule has 0 unspecified atom stereocenters. The summed E-state index contributed by atoms with van der Waals surface area (Å²) in [5, 5.41) is 7.47. The van der Waals surface area contributed by atoms with E-state index < -0.39 is 0 Å². The molecule has 0 aliphatic rings. The molecule has 0 saturated carbocycles. The van der Waals surface area contributed by atoms with Gasteiger partial charge in [-0.25, -0.2) is 9.37 Å². The molecule has 0 radical (unpaired) electrons. The van der Waals surface area contributed by atoms with E-state index in [4.69, 9.17) is 4.52 Å². The fourth-order valence-electron chi connectivity index (χ4n) is 3.10. The highest BCUT2D eigenvalue weighted by Crippen LogP contribution is 2.27. The molecule has 0 atom stereocenters. The molecule has 28 heavy (non-hydrogen) atoms. The summed E-state index contributed by atoms with van der Waals surface area (Å²) in [7, 11) is 0. The van der Waals surface area contributed by atoms with Gasteiger partial charge < -0.3 is 9.84 Å². The Labute approximate surface area is 161 Å². The standard InChI is InChI=1S/C22H18FN3O2/c1-14-20-18(21(27)24-12-11-15-5-3-2-4-6-15)13-19(25-22(20)28-26-14)16-7-9-17(23)10-8-16/h2-10,13H,11-12H2,1H3,(H,24,27). The molecule has 0 bridgehead atoms. The lowest BCUT2D eigenvalue weighted by Gasteiger charge is -2.08. The number of aromatic nitrogens is 2. The summed E-state index contributed by atoms with van der Waals surface area (Å²) in [6.45, 7) is 2.27. The van der Waals surface area contributed by atoms with Gasteiger partial charge in [-0.2, -0.15) is 0 Å². The lowest BCUT2D eigenvalue weighted by molar-refractivity contribution is 0.0955. The maximum absolute atomic E-state index is 13.2. The first kappa shape index (κ1) is 17.9. The summed E-state index contributed by atoms with van der Waals surface area (Å²) in [5.41, 5.74) is 3.69. The van der Waals surface area contributed by atoms with Crippen LogP contribution in [0.3, 0.4) is 0 Å². The lowest BCUT2D eigenvalue weighted by Crippen LogP contribution is -2.26. The molecule has 4 aromatic rings. The second kappa shape index (κ2) is 7.60. The highest BCUT2D eigenvalue weighted by atomic mass is 19.1. The van der Waals surface area contributed by atoms with Crippen molar-refractivity contribution in [3.05, 3.63) is 83.3 Å². The normalized spacial score (nSPS) is 10.9. The van der Waals surface area contributed by atoms with Crippen molar-refractivity contribution in [2.24, 2.45) is 0 Å². The molecule has 0 spiro atoms. The van der Waals surface area contributed by atoms with Gasteiger partial charge in [-0.1, -0.05) is 35.5 Å². The number of amides is 1. The fraction of sp³-hybridized carbons (Fsp3) is 0.136. The molecule has 140 valence electrons. The van der Waals surface area contributed by atoms with Crippen LogP contribution >= 0.6 is 0 Å². The van der Waals surface area contributed by atoms with Crippen LogP contribution in [0.4, 0.5) is 4.39 Å². The Morgan fingerprint density at radius 3 is 2.61 bits per heavy atom. The Kier molecular flexibility index (Phi) is 4.85. The van der Waals surface area contributed by atoms with E-state index in [1.807, 2.05) is 30.3 Å². The Morgan fingerprint density at radius 2 is 1.86 bits per heavy atom. The minimum atomic E-state index is -0.334. The van der Waals surface area contributed by atoms with Crippen molar-refractivity contribution in [3.63, 3.8) is 0 Å². The van der Waals surface area contributed by atoms with Crippen molar-refractivity contribution in [1.82, 2.24) is 15.5 Å². The van der Waals surface area contributed by atoms with E-state index in [1.165, 1.54) is 12.1 Å². The largest absolute Gasteiger partial charge is 0.352 e. The van der Waals surface area contributed by atoms with Crippen LogP contribution < -0.4 is 5.32 Å². The number of nitrogens with zero attached hydrogens (tertiary/aromatic N) is 2. The Hall–Kier alpha value is -3.54. The van der Waals surface area contributed by atoms with E-state index >= 15 is 0 Å². The molecule has 0 saturated heterocycles. The molecule has 0 fully saturated rings. The van der Waals surface area contributed by atoms with E-state index in [0.29, 0.717) is 34.4 Å². The minimum absolute atomic E-state index is 0.224. The van der Waals surface area contributed by atoms with E-state index in [-0.39, 0.29) is 17.4 Å². The van der Waals surface area contributed by atoms with E-state index in [2.05, 4.69) is 15.5 Å². The Balaban J connectivity index is 1.63. The van der Waals surface area contributed by atoms with Gasteiger partial charge in [0.05, 0.1) is 22.3 Å². The van der Waals surface area contributed by atoms with Crippen molar-refractivity contribution < 1.29 is 13.7 Å². The van der Waals surface area contributed by atoms with Crippen LogP contribution in [0, 0.1) is 12.7 Å². The quantitative estimate of drug-likeness (QED) is 0.564. The third-order valence-electron chi connectivity index (χ3n) is 4.54. The molecular weight excluding hydrogens is 357 g/mol. The van der Waals surface area contributed by atoms with Crippen molar-refractivity contribution in [2.45, 2.75) is 13.3 Å². The number of rotatable bonds is 5. The maximum atomic E-state index is 13.2. The first-order valence-corrected chi connectivity index (χ1v) is 8.97. The third-order valence-corrected chi connectivity index (χ3v) is 4.54. The number of hydrogen-bond donors (Lipinski definition) is 1. The second-order valence-corrected chi connectivity index (χ2v) is 6.50. The van der Waals surface area contributed by atoms with Crippen LogP contribution in [0.15, 0.2) is 65.2 Å². The summed E-state index contributed by atoms with van der Waals surface area (Å²) in [4.78, 5) is 17.3. The van der Waals surface area contributed by atoms with Gasteiger partial charge in [0.25, 0.3) is 11.6 Å². The van der Waals surface area contributed by atoms with Gasteiger partial charge in [-0.15, -0.1) is 0 Å². The SMILES string of the molecule is Cc1noc2nc(-c3ccc(F)cc3)cc(C(=O)NCCc3ccccc3)c12. The van der Waals surface area contributed by atoms with E-state index in [0.717, 1.165) is 12.0 Å². The number of carbonyl (C=O) groups is 1. The Bertz CT molecular complexity index is 1120. The molecule has 2 aromatic heterocycles. The smallest absolute Gasteiger partial charge is 0.259 e. The van der Waals surface area contributed by atoms with Gasteiger partial charge in [-0.05, 0) is 49.2 Å². The molecule has 2 heterocycles. The third kappa shape index (κ3) is 3.62. The zero-order chi connectivity index (χ0) is 19.5. The molecule has 4 rings (SSSR count). The predicted octanol–water partition coefficient (Wildman–Crippen LogP) is 4.31. The van der Waals surface area contributed by atoms with Crippen LogP contribution in [-0.2, 0) is 6.42 Å². The molecular formula is C22H18FN3O2. The maximum Gasteiger partial charge on any atom is 0.259 e. The van der Waals surface area contributed by atoms with Crippen LogP contribution in [-0.4, -0.2) is 22.6 Å². The molecule has 1 N–H and O–H groups in total. The number of halogens is 1. The first-order valence-electron chi connectivity index (χ1n) is 8.97. The zero-order valence-electron chi connectivity index (χ0n) is 15.3. The summed E-state index contributed by atoms with van der Waals surface area (Å²) < 4.78 is 18.5. The predicted molar refractivity (Wildman–Crippen MR) is 104 cm³/mol. The second-order valence-electron chi connectivity index (χ2n) is 6.50. The minimum Gasteiger partial charge on any atom is -0.352 e. The van der Waals surface area contributed by atoms with E-state index in [1.54, 1.807) is 25.1 Å². The number of hydrogen-bond acceptors (Lipinski definition) is 4. The van der Waals surface area contributed by atoms with Gasteiger partial charge in [0.2, 0.25) is 0 Å². The molecule has 2 aromatic carbocycles. The number of pyridine rings is 1. The van der Waals surface area contributed by atoms with Gasteiger partial charge >= 0.3 is 0 Å². The topological polar surface area (TPSA) is 68.0 Å². The summed E-state index contributed by atoms with van der Waals surface area (Å²) in [5.74, 6) is -0.558. The average Bonchev–Trinajstić information content (AvgIpc) is 3.09. The van der Waals surface area contributed by atoms with Crippen LogP contribution in [0.2, 0.25) is 0 Å². The van der Waals surface area contributed by atoms with Gasteiger partial charge in [0.15, 0.2) is 0 Å². The van der Waals surface area contributed by atoms with Crippen LogP contribution in [0.25, 0.3) is 22.4 Å². The van der Waals surface area contributed by atoms with Gasteiger partial charge in [-0.3, -0.25) is 4.79 Å². The molecule has 1 amide bonds. The fourth-order valence-corrected chi connectivity index (χ4v) is 3.10. The van der Waals surface area contributed by atoms with Crippen LogP contribution in [0.5, 0.6) is 0 Å². The van der Waals surface area contributed by atoms with Crippen molar-refractivity contribution >= 4 is 17.0 Å². The van der Waals surface area contributed by atoms with Gasteiger partial charge in [0, 0.05) is 12.1 Å². The van der Waals surface area contributed by atoms with Crippen molar-refractivity contribution in [3.8, 4) is 11.3 Å². The number of aryl methyl sites for hydroxylation is 1. The molecule has 6 heteroatoms. The monoisotopic (exact) mass is 375 g/mol. The van der Waals surface area contributed by atoms with Gasteiger partial charge in [0.1, 0.15) is 5.82 Å². The Morgan fingerprint density at radius 1 is 1.11 bits per heavy atom.